The molecule has 0 amide bonds. The van der Waals surface area contributed by atoms with Crippen LogP contribution in [0, 0.1) is 12.3 Å². The minimum atomic E-state index is 0.566. The van der Waals surface area contributed by atoms with E-state index in [1.54, 1.807) is 6.92 Å². The molecule has 1 N–H and O–H groups in total. The predicted molar refractivity (Wildman–Crippen MR) is 53.5 cm³/mol. The molecule has 0 bridgehead atoms. The lowest BCUT2D eigenvalue weighted by atomic mass is 10.1. The third kappa shape index (κ3) is 1.35. The van der Waals surface area contributed by atoms with Gasteiger partial charge in [-0.1, -0.05) is 12.1 Å². The van der Waals surface area contributed by atoms with Crippen LogP contribution in [-0.4, -0.2) is 5.71 Å². The summed E-state index contributed by atoms with van der Waals surface area (Å²) in [4.78, 5) is 0. The van der Waals surface area contributed by atoms with E-state index in [-0.39, 0.29) is 0 Å². The fourth-order valence-corrected chi connectivity index (χ4v) is 1.40. The van der Waals surface area contributed by atoms with Crippen LogP contribution in [0.15, 0.2) is 28.7 Å². The summed E-state index contributed by atoms with van der Waals surface area (Å²) >= 11 is 0. The van der Waals surface area contributed by atoms with E-state index in [1.165, 1.54) is 0 Å². The van der Waals surface area contributed by atoms with Crippen LogP contribution in [0.3, 0.4) is 0 Å². The molecule has 0 spiro atoms. The molecular weight excluding hydrogens is 162 g/mol. The zero-order valence-corrected chi connectivity index (χ0v) is 7.72. The summed E-state index contributed by atoms with van der Waals surface area (Å²) in [6.45, 7) is 3.70. The van der Waals surface area contributed by atoms with Crippen molar-refractivity contribution in [2.24, 2.45) is 0 Å². The maximum Gasteiger partial charge on any atom is 0.134 e. The Kier molecular flexibility index (Phi) is 1.69. The first-order valence-electron chi connectivity index (χ1n) is 4.22. The Morgan fingerprint density at radius 3 is 2.77 bits per heavy atom. The minimum Gasteiger partial charge on any atom is -0.461 e. The van der Waals surface area contributed by atoms with Crippen LogP contribution in [0.5, 0.6) is 0 Å². The van der Waals surface area contributed by atoms with Gasteiger partial charge in [0.2, 0.25) is 0 Å². The molecule has 0 radical (unpaired) electrons. The fourth-order valence-electron chi connectivity index (χ4n) is 1.40. The quantitative estimate of drug-likeness (QED) is 0.661. The van der Waals surface area contributed by atoms with Crippen LogP contribution >= 0.6 is 0 Å². The minimum absolute atomic E-state index is 0.566. The highest BCUT2D eigenvalue weighted by Gasteiger charge is 2.02. The Morgan fingerprint density at radius 2 is 2.08 bits per heavy atom. The van der Waals surface area contributed by atoms with Gasteiger partial charge in [0.05, 0.1) is 0 Å². The zero-order valence-electron chi connectivity index (χ0n) is 7.72. The third-order valence-electron chi connectivity index (χ3n) is 2.08. The van der Waals surface area contributed by atoms with E-state index in [2.05, 4.69) is 0 Å². The SMILES string of the molecule is CC(=N)c1ccc2cc(C)oc2c1. The summed E-state index contributed by atoms with van der Waals surface area (Å²) in [6, 6.07) is 7.84. The molecule has 0 aliphatic heterocycles. The molecule has 0 saturated heterocycles. The summed E-state index contributed by atoms with van der Waals surface area (Å²) in [5.41, 5.74) is 2.35. The van der Waals surface area contributed by atoms with Crippen molar-refractivity contribution in [3.8, 4) is 0 Å². The highest BCUT2D eigenvalue weighted by Crippen LogP contribution is 2.20. The molecule has 0 aliphatic carbocycles. The molecule has 0 atom stereocenters. The molecule has 13 heavy (non-hydrogen) atoms. The number of aryl methyl sites for hydroxylation is 1. The van der Waals surface area contributed by atoms with E-state index in [0.29, 0.717) is 5.71 Å². The largest absolute Gasteiger partial charge is 0.461 e. The van der Waals surface area contributed by atoms with Crippen LogP contribution in [0.2, 0.25) is 0 Å². The van der Waals surface area contributed by atoms with E-state index in [4.69, 9.17) is 9.83 Å². The molecule has 0 aliphatic rings. The lowest BCUT2D eigenvalue weighted by Crippen LogP contribution is -1.89. The molecular formula is C11H11NO. The molecule has 2 rings (SSSR count). The van der Waals surface area contributed by atoms with Gasteiger partial charge in [-0.25, -0.2) is 0 Å². The van der Waals surface area contributed by atoms with Gasteiger partial charge in [0, 0.05) is 11.1 Å². The highest BCUT2D eigenvalue weighted by molar-refractivity contribution is 5.99. The average molecular weight is 173 g/mol. The molecule has 1 aromatic carbocycles. The molecule has 0 unspecified atom stereocenters. The van der Waals surface area contributed by atoms with Crippen LogP contribution in [0.4, 0.5) is 0 Å². The van der Waals surface area contributed by atoms with Crippen LogP contribution in [0.1, 0.15) is 18.2 Å². The Hall–Kier alpha value is -1.57. The van der Waals surface area contributed by atoms with Crippen LogP contribution in [-0.2, 0) is 0 Å². The third-order valence-corrected chi connectivity index (χ3v) is 2.08. The van der Waals surface area contributed by atoms with Gasteiger partial charge in [0.1, 0.15) is 11.3 Å². The topological polar surface area (TPSA) is 37.0 Å². The van der Waals surface area contributed by atoms with Crippen molar-refractivity contribution in [1.82, 2.24) is 0 Å². The van der Waals surface area contributed by atoms with Gasteiger partial charge >= 0.3 is 0 Å². The van der Waals surface area contributed by atoms with Crippen molar-refractivity contribution >= 4 is 16.7 Å². The van der Waals surface area contributed by atoms with E-state index in [9.17, 15) is 0 Å². The molecule has 66 valence electrons. The number of nitrogens with one attached hydrogen (secondary N) is 1. The molecule has 2 nitrogen and oxygen atoms in total. The van der Waals surface area contributed by atoms with Gasteiger partial charge in [-0.2, -0.15) is 0 Å². The number of fused-ring (bicyclic) bond motifs is 1. The Balaban J connectivity index is 2.67. The summed E-state index contributed by atoms with van der Waals surface area (Å²) < 4.78 is 5.46. The second kappa shape index (κ2) is 2.73. The van der Waals surface area contributed by atoms with Gasteiger partial charge in [-0.3, -0.25) is 0 Å². The first kappa shape index (κ1) is 8.05. The molecule has 0 saturated carbocycles. The highest BCUT2D eigenvalue weighted by atomic mass is 16.3. The lowest BCUT2D eigenvalue weighted by molar-refractivity contribution is 0.578. The van der Waals surface area contributed by atoms with Crippen molar-refractivity contribution in [1.29, 1.82) is 5.41 Å². The summed E-state index contributed by atoms with van der Waals surface area (Å²) in [6.07, 6.45) is 0. The second-order valence-electron chi connectivity index (χ2n) is 3.23. The smallest absolute Gasteiger partial charge is 0.134 e. The Bertz CT molecular complexity index is 468. The van der Waals surface area contributed by atoms with E-state index < -0.39 is 0 Å². The molecule has 1 aromatic heterocycles. The molecule has 2 heteroatoms. The average Bonchev–Trinajstić information content (AvgIpc) is 2.42. The van der Waals surface area contributed by atoms with E-state index in [0.717, 1.165) is 22.3 Å². The lowest BCUT2D eigenvalue weighted by Gasteiger charge is -1.95. The number of rotatable bonds is 1. The van der Waals surface area contributed by atoms with Crippen molar-refractivity contribution in [3.63, 3.8) is 0 Å². The predicted octanol–water partition coefficient (Wildman–Crippen LogP) is 3.13. The summed E-state index contributed by atoms with van der Waals surface area (Å²) in [5, 5.41) is 8.58. The number of benzene rings is 1. The van der Waals surface area contributed by atoms with Crippen LogP contribution < -0.4 is 0 Å². The van der Waals surface area contributed by atoms with Crippen molar-refractivity contribution in [2.75, 3.05) is 0 Å². The first-order valence-corrected chi connectivity index (χ1v) is 4.22. The van der Waals surface area contributed by atoms with Crippen molar-refractivity contribution in [2.45, 2.75) is 13.8 Å². The monoisotopic (exact) mass is 173 g/mol. The van der Waals surface area contributed by atoms with Gasteiger partial charge < -0.3 is 9.83 Å². The van der Waals surface area contributed by atoms with Gasteiger partial charge in [-0.15, -0.1) is 0 Å². The van der Waals surface area contributed by atoms with Crippen molar-refractivity contribution in [3.05, 3.63) is 35.6 Å². The van der Waals surface area contributed by atoms with Gasteiger partial charge in [0.15, 0.2) is 0 Å². The van der Waals surface area contributed by atoms with Crippen molar-refractivity contribution < 1.29 is 4.42 Å². The van der Waals surface area contributed by atoms with E-state index >= 15 is 0 Å². The standard InChI is InChI=1S/C11H11NO/c1-7-5-10-4-3-9(8(2)12)6-11(10)13-7/h3-6,12H,1-2H3. The maximum absolute atomic E-state index is 7.48. The molecule has 2 aromatic rings. The summed E-state index contributed by atoms with van der Waals surface area (Å²) in [5.74, 6) is 0.912. The van der Waals surface area contributed by atoms with E-state index in [1.807, 2.05) is 31.2 Å². The second-order valence-corrected chi connectivity index (χ2v) is 3.23. The first-order chi connectivity index (χ1) is 6.16. The summed E-state index contributed by atoms with van der Waals surface area (Å²) in [7, 11) is 0. The number of hydrogen-bond donors (Lipinski definition) is 1. The Labute approximate surface area is 76.7 Å². The normalized spacial score (nSPS) is 10.6. The molecule has 0 fully saturated rings. The van der Waals surface area contributed by atoms with Gasteiger partial charge in [-0.05, 0) is 31.5 Å². The maximum atomic E-state index is 7.48. The molecule has 1 heterocycles. The van der Waals surface area contributed by atoms with Crippen LogP contribution in [0.25, 0.3) is 11.0 Å². The van der Waals surface area contributed by atoms with Gasteiger partial charge in [0.25, 0.3) is 0 Å². The number of furan rings is 1. The zero-order chi connectivity index (χ0) is 9.42. The number of hydrogen-bond acceptors (Lipinski definition) is 2. The fraction of sp³-hybridized carbons (Fsp3) is 0.182. The Morgan fingerprint density at radius 1 is 1.31 bits per heavy atom.